The van der Waals surface area contributed by atoms with E-state index in [-0.39, 0.29) is 23.8 Å². The van der Waals surface area contributed by atoms with Gasteiger partial charge in [0.05, 0.1) is 12.2 Å². The molecule has 0 bridgehead atoms. The van der Waals surface area contributed by atoms with Crippen LogP contribution >= 0.6 is 0 Å². The number of carbonyl (C=O) groups excluding carboxylic acids is 1. The van der Waals surface area contributed by atoms with Gasteiger partial charge in [0.15, 0.2) is 0 Å². The second-order valence-electron chi connectivity index (χ2n) is 6.64. The van der Waals surface area contributed by atoms with Crippen LogP contribution in [0.3, 0.4) is 0 Å². The molecule has 0 spiro atoms. The SMILES string of the molecule is O=C(C1CCC(O)CC1)N1C[C@@H](Cc2ccncc2)[C@@H](O)C1. The fraction of sp³-hybridized carbons (Fsp3) is 0.647. The molecule has 2 heterocycles. The summed E-state index contributed by atoms with van der Waals surface area (Å²) >= 11 is 0. The molecule has 3 rings (SSSR count). The highest BCUT2D eigenvalue weighted by molar-refractivity contribution is 5.79. The summed E-state index contributed by atoms with van der Waals surface area (Å²) in [6, 6.07) is 3.92. The number of hydrogen-bond donors (Lipinski definition) is 2. The van der Waals surface area contributed by atoms with Crippen LogP contribution in [0.15, 0.2) is 24.5 Å². The number of carbonyl (C=O) groups is 1. The van der Waals surface area contributed by atoms with Crippen LogP contribution in [0.25, 0.3) is 0 Å². The van der Waals surface area contributed by atoms with Crippen LogP contribution in [-0.2, 0) is 11.2 Å². The maximum absolute atomic E-state index is 12.6. The second kappa shape index (κ2) is 6.75. The summed E-state index contributed by atoms with van der Waals surface area (Å²) in [5, 5.41) is 19.8. The zero-order valence-electron chi connectivity index (χ0n) is 12.8. The highest BCUT2D eigenvalue weighted by Gasteiger charge is 2.37. The first-order valence-corrected chi connectivity index (χ1v) is 8.17. The lowest BCUT2D eigenvalue weighted by atomic mass is 9.86. The number of pyridine rings is 1. The van der Waals surface area contributed by atoms with E-state index in [0.717, 1.165) is 24.8 Å². The number of β-amino-alcohol motifs (C(OH)–C–C–N with tert-alkyl or cyclic N) is 1. The van der Waals surface area contributed by atoms with Crippen LogP contribution in [0, 0.1) is 11.8 Å². The van der Waals surface area contributed by atoms with E-state index in [2.05, 4.69) is 4.98 Å². The van der Waals surface area contributed by atoms with Crippen LogP contribution in [0.4, 0.5) is 0 Å². The van der Waals surface area contributed by atoms with Crippen molar-refractivity contribution in [1.29, 1.82) is 0 Å². The van der Waals surface area contributed by atoms with Crippen LogP contribution in [-0.4, -0.2) is 51.3 Å². The van der Waals surface area contributed by atoms with Gasteiger partial charge in [-0.25, -0.2) is 0 Å². The quantitative estimate of drug-likeness (QED) is 0.873. The van der Waals surface area contributed by atoms with Gasteiger partial charge in [0.2, 0.25) is 5.91 Å². The molecule has 5 heteroatoms. The van der Waals surface area contributed by atoms with Crippen LogP contribution in [0.2, 0.25) is 0 Å². The largest absolute Gasteiger partial charge is 0.393 e. The monoisotopic (exact) mass is 304 g/mol. The Morgan fingerprint density at radius 2 is 1.82 bits per heavy atom. The van der Waals surface area contributed by atoms with Crippen LogP contribution in [0.1, 0.15) is 31.2 Å². The summed E-state index contributed by atoms with van der Waals surface area (Å²) in [5.41, 5.74) is 1.15. The molecule has 2 fully saturated rings. The molecule has 1 saturated carbocycles. The molecule has 2 N–H and O–H groups in total. The summed E-state index contributed by atoms with van der Waals surface area (Å²) in [4.78, 5) is 18.4. The van der Waals surface area contributed by atoms with Crippen molar-refractivity contribution in [2.75, 3.05) is 13.1 Å². The topological polar surface area (TPSA) is 73.7 Å². The number of aliphatic hydroxyl groups is 2. The molecule has 1 aromatic heterocycles. The zero-order valence-corrected chi connectivity index (χ0v) is 12.8. The second-order valence-corrected chi connectivity index (χ2v) is 6.64. The average molecular weight is 304 g/mol. The molecule has 1 aliphatic heterocycles. The van der Waals surface area contributed by atoms with Crippen molar-refractivity contribution in [3.8, 4) is 0 Å². The molecular formula is C17H24N2O3. The lowest BCUT2D eigenvalue weighted by molar-refractivity contribution is -0.136. The molecular weight excluding hydrogens is 280 g/mol. The number of rotatable bonds is 3. The lowest BCUT2D eigenvalue weighted by Crippen LogP contribution is -2.37. The molecule has 5 nitrogen and oxygen atoms in total. The summed E-state index contributed by atoms with van der Waals surface area (Å²) < 4.78 is 0. The zero-order chi connectivity index (χ0) is 15.5. The Kier molecular flexibility index (Phi) is 4.74. The predicted molar refractivity (Wildman–Crippen MR) is 82.0 cm³/mol. The maximum Gasteiger partial charge on any atom is 0.225 e. The highest BCUT2D eigenvalue weighted by Crippen LogP contribution is 2.29. The third-order valence-corrected chi connectivity index (χ3v) is 5.01. The van der Waals surface area contributed by atoms with Crippen molar-refractivity contribution >= 4 is 5.91 Å². The van der Waals surface area contributed by atoms with E-state index in [1.54, 1.807) is 12.4 Å². The van der Waals surface area contributed by atoms with Gasteiger partial charge in [-0.15, -0.1) is 0 Å². The molecule has 2 atom stereocenters. The Labute approximate surface area is 131 Å². The van der Waals surface area contributed by atoms with Crippen molar-refractivity contribution in [3.63, 3.8) is 0 Å². The van der Waals surface area contributed by atoms with Crippen molar-refractivity contribution in [1.82, 2.24) is 9.88 Å². The minimum absolute atomic E-state index is 0.0234. The summed E-state index contributed by atoms with van der Waals surface area (Å²) in [5.74, 6) is 0.277. The molecule has 1 amide bonds. The van der Waals surface area contributed by atoms with E-state index < -0.39 is 6.10 Å². The first-order chi connectivity index (χ1) is 10.6. The summed E-state index contributed by atoms with van der Waals surface area (Å²) in [6.07, 6.45) is 6.55. The first-order valence-electron chi connectivity index (χ1n) is 8.17. The molecule has 1 aliphatic carbocycles. The molecule has 0 unspecified atom stereocenters. The number of likely N-dealkylation sites (tertiary alicyclic amines) is 1. The van der Waals surface area contributed by atoms with E-state index in [1.165, 1.54) is 0 Å². The minimum atomic E-state index is -0.453. The fourth-order valence-electron chi connectivity index (χ4n) is 3.64. The summed E-state index contributed by atoms with van der Waals surface area (Å²) in [7, 11) is 0. The molecule has 120 valence electrons. The van der Waals surface area contributed by atoms with Gasteiger partial charge in [0.25, 0.3) is 0 Å². The third-order valence-electron chi connectivity index (χ3n) is 5.01. The maximum atomic E-state index is 12.6. The number of aromatic nitrogens is 1. The number of hydrogen-bond acceptors (Lipinski definition) is 4. The molecule has 1 aromatic rings. The van der Waals surface area contributed by atoms with Gasteiger partial charge in [0, 0.05) is 37.3 Å². The first kappa shape index (κ1) is 15.4. The standard InChI is InChI=1S/C17H24N2O3/c20-15-3-1-13(2-4-15)17(22)19-10-14(16(21)11-19)9-12-5-7-18-8-6-12/h5-8,13-16,20-21H,1-4,9-11H2/t13?,14-,15?,16+/m1/s1. The Morgan fingerprint density at radius 3 is 2.50 bits per heavy atom. The van der Waals surface area contributed by atoms with Crippen molar-refractivity contribution in [3.05, 3.63) is 30.1 Å². The van der Waals surface area contributed by atoms with Crippen molar-refractivity contribution < 1.29 is 15.0 Å². The van der Waals surface area contributed by atoms with Crippen LogP contribution < -0.4 is 0 Å². The van der Waals surface area contributed by atoms with Gasteiger partial charge in [-0.2, -0.15) is 0 Å². The fourth-order valence-corrected chi connectivity index (χ4v) is 3.64. The Morgan fingerprint density at radius 1 is 1.14 bits per heavy atom. The van der Waals surface area contributed by atoms with Crippen molar-refractivity contribution in [2.45, 2.75) is 44.3 Å². The molecule has 0 radical (unpaired) electrons. The average Bonchev–Trinajstić information content (AvgIpc) is 2.89. The van der Waals surface area contributed by atoms with Gasteiger partial charge in [-0.05, 0) is 49.8 Å². The van der Waals surface area contributed by atoms with E-state index in [4.69, 9.17) is 0 Å². The smallest absolute Gasteiger partial charge is 0.225 e. The van der Waals surface area contributed by atoms with Crippen LogP contribution in [0.5, 0.6) is 0 Å². The van der Waals surface area contributed by atoms with Gasteiger partial charge < -0.3 is 15.1 Å². The number of amides is 1. The van der Waals surface area contributed by atoms with Crippen molar-refractivity contribution in [2.24, 2.45) is 11.8 Å². The van der Waals surface area contributed by atoms with E-state index >= 15 is 0 Å². The molecule has 1 saturated heterocycles. The molecule has 0 aromatic carbocycles. The predicted octanol–water partition coefficient (Wildman–Crippen LogP) is 0.994. The lowest BCUT2D eigenvalue weighted by Gasteiger charge is -2.28. The number of aliphatic hydroxyl groups excluding tert-OH is 2. The van der Waals surface area contributed by atoms with E-state index in [0.29, 0.717) is 25.9 Å². The summed E-state index contributed by atoms with van der Waals surface area (Å²) in [6.45, 7) is 1.06. The third kappa shape index (κ3) is 3.47. The number of nitrogens with zero attached hydrogens (tertiary/aromatic N) is 2. The molecule has 2 aliphatic rings. The van der Waals surface area contributed by atoms with Gasteiger partial charge in [-0.3, -0.25) is 9.78 Å². The van der Waals surface area contributed by atoms with Gasteiger partial charge in [0.1, 0.15) is 0 Å². The van der Waals surface area contributed by atoms with Gasteiger partial charge >= 0.3 is 0 Å². The Hall–Kier alpha value is -1.46. The molecule has 22 heavy (non-hydrogen) atoms. The highest BCUT2D eigenvalue weighted by atomic mass is 16.3. The van der Waals surface area contributed by atoms with Gasteiger partial charge in [-0.1, -0.05) is 0 Å². The Bertz CT molecular complexity index is 500. The van der Waals surface area contributed by atoms with E-state index in [9.17, 15) is 15.0 Å². The minimum Gasteiger partial charge on any atom is -0.393 e. The normalized spacial score (nSPS) is 32.2. The Balaban J connectivity index is 1.57. The van der Waals surface area contributed by atoms with E-state index in [1.807, 2.05) is 17.0 Å².